The number of halogens is 1. The molecule has 0 saturated carbocycles. The second kappa shape index (κ2) is 10.1. The molecular formula is C31H22BrN3O3. The highest BCUT2D eigenvalue weighted by atomic mass is 79.9. The van der Waals surface area contributed by atoms with E-state index in [0.717, 1.165) is 21.0 Å². The van der Waals surface area contributed by atoms with Crippen molar-refractivity contribution in [2.24, 2.45) is 5.10 Å². The molecule has 0 spiro atoms. The molecule has 0 atom stereocenters. The van der Waals surface area contributed by atoms with Crippen molar-refractivity contribution in [3.05, 3.63) is 129 Å². The number of hydrogen-bond acceptors (Lipinski definition) is 5. The predicted octanol–water partition coefficient (Wildman–Crippen LogP) is 7.34. The normalized spacial score (nSPS) is 11.5. The highest BCUT2D eigenvalue weighted by molar-refractivity contribution is 9.10. The number of hydrogen-bond donors (Lipinski definition) is 0. The van der Waals surface area contributed by atoms with Crippen LogP contribution in [0.1, 0.15) is 16.7 Å². The van der Waals surface area contributed by atoms with Gasteiger partial charge in [0, 0.05) is 9.86 Å². The summed E-state index contributed by atoms with van der Waals surface area (Å²) in [5.74, 6) is 1.49. The van der Waals surface area contributed by atoms with Crippen molar-refractivity contribution in [2.45, 2.75) is 13.5 Å². The van der Waals surface area contributed by atoms with Crippen LogP contribution in [0.4, 0.5) is 0 Å². The van der Waals surface area contributed by atoms with Crippen molar-refractivity contribution in [3.8, 4) is 17.3 Å². The molecule has 0 radical (unpaired) electrons. The van der Waals surface area contributed by atoms with E-state index in [1.54, 1.807) is 12.3 Å². The fourth-order valence-corrected chi connectivity index (χ4v) is 4.67. The Labute approximate surface area is 227 Å². The number of fused-ring (bicyclic) bond motifs is 2. The second-order valence-corrected chi connectivity index (χ2v) is 9.87. The monoisotopic (exact) mass is 563 g/mol. The summed E-state index contributed by atoms with van der Waals surface area (Å²) in [6, 6.07) is 30.6. The van der Waals surface area contributed by atoms with Crippen molar-refractivity contribution in [3.63, 3.8) is 0 Å². The van der Waals surface area contributed by atoms with Crippen molar-refractivity contribution in [1.29, 1.82) is 0 Å². The van der Waals surface area contributed by atoms with Crippen LogP contribution >= 0.6 is 15.9 Å². The van der Waals surface area contributed by atoms with Crippen LogP contribution in [0.25, 0.3) is 33.5 Å². The molecular weight excluding hydrogens is 542 g/mol. The third-order valence-electron chi connectivity index (χ3n) is 6.12. The molecule has 0 bridgehead atoms. The lowest BCUT2D eigenvalue weighted by Gasteiger charge is -2.08. The van der Waals surface area contributed by atoms with Crippen LogP contribution in [0.2, 0.25) is 0 Å². The van der Waals surface area contributed by atoms with E-state index in [4.69, 9.17) is 14.1 Å². The van der Waals surface area contributed by atoms with Crippen LogP contribution < -0.4 is 10.3 Å². The maximum Gasteiger partial charge on any atom is 0.282 e. The molecule has 0 unspecified atom stereocenters. The zero-order chi connectivity index (χ0) is 26.1. The lowest BCUT2D eigenvalue weighted by Crippen LogP contribution is -2.20. The van der Waals surface area contributed by atoms with Crippen molar-refractivity contribution < 1.29 is 9.15 Å². The maximum atomic E-state index is 13.5. The Bertz CT molecular complexity index is 1890. The number of para-hydroxylation sites is 1. The van der Waals surface area contributed by atoms with Crippen LogP contribution in [0.15, 0.2) is 116 Å². The SMILES string of the molecule is Cc1cccc(COc2cccc(C=Nn3c(-c4cc5cc(Br)ccc5o4)nc4ccccc4c3=O)c2)c1. The molecule has 6 aromatic rings. The number of ether oxygens (including phenoxy) is 1. The van der Waals surface area contributed by atoms with E-state index in [0.29, 0.717) is 40.4 Å². The van der Waals surface area contributed by atoms with Gasteiger partial charge in [-0.15, -0.1) is 0 Å². The average Bonchev–Trinajstić information content (AvgIpc) is 3.35. The quantitative estimate of drug-likeness (QED) is 0.199. The molecule has 6 nitrogen and oxygen atoms in total. The molecule has 2 aromatic heterocycles. The molecule has 0 fully saturated rings. The number of benzene rings is 4. The lowest BCUT2D eigenvalue weighted by molar-refractivity contribution is 0.306. The molecule has 2 heterocycles. The van der Waals surface area contributed by atoms with Gasteiger partial charge in [-0.2, -0.15) is 9.78 Å². The number of aryl methyl sites for hydroxylation is 1. The summed E-state index contributed by atoms with van der Waals surface area (Å²) in [5.41, 5.74) is 4.06. The molecule has 0 aliphatic rings. The van der Waals surface area contributed by atoms with Crippen LogP contribution in [0.5, 0.6) is 5.75 Å². The van der Waals surface area contributed by atoms with Crippen LogP contribution in [-0.2, 0) is 6.61 Å². The summed E-state index contributed by atoms with van der Waals surface area (Å²) in [6.45, 7) is 2.52. The van der Waals surface area contributed by atoms with Crippen molar-refractivity contribution in [1.82, 2.24) is 9.66 Å². The Morgan fingerprint density at radius 3 is 2.74 bits per heavy atom. The highest BCUT2D eigenvalue weighted by Crippen LogP contribution is 2.29. The minimum atomic E-state index is -0.282. The first-order valence-corrected chi connectivity index (χ1v) is 12.9. The molecule has 0 amide bonds. The topological polar surface area (TPSA) is 69.6 Å². The number of furan rings is 1. The standard InChI is InChI=1S/C31H22BrN3O3/c1-20-6-4-8-22(14-20)19-37-25-9-5-7-21(15-25)18-33-35-30(34-27-11-3-2-10-26(27)31(35)36)29-17-23-16-24(32)12-13-28(23)38-29/h2-18H,19H2,1H3. The smallest absolute Gasteiger partial charge is 0.282 e. The number of nitrogens with zero attached hydrogens (tertiary/aromatic N) is 3. The summed E-state index contributed by atoms with van der Waals surface area (Å²) in [7, 11) is 0. The van der Waals surface area contributed by atoms with Crippen molar-refractivity contribution >= 4 is 44.0 Å². The fourth-order valence-electron chi connectivity index (χ4n) is 4.29. The van der Waals surface area contributed by atoms with Gasteiger partial charge in [-0.1, -0.05) is 70.0 Å². The molecule has 0 aliphatic carbocycles. The van der Waals surface area contributed by atoms with Crippen LogP contribution in [-0.4, -0.2) is 15.9 Å². The van der Waals surface area contributed by atoms with Gasteiger partial charge < -0.3 is 9.15 Å². The summed E-state index contributed by atoms with van der Waals surface area (Å²) in [5, 5.41) is 5.92. The van der Waals surface area contributed by atoms with Crippen molar-refractivity contribution in [2.75, 3.05) is 0 Å². The molecule has 7 heteroatoms. The maximum absolute atomic E-state index is 13.5. The summed E-state index contributed by atoms with van der Waals surface area (Å²) < 4.78 is 14.3. The third-order valence-corrected chi connectivity index (χ3v) is 6.61. The molecule has 0 aliphatic heterocycles. The van der Waals surface area contributed by atoms with Gasteiger partial charge in [0.05, 0.1) is 17.1 Å². The van der Waals surface area contributed by atoms with Gasteiger partial charge in [0.2, 0.25) is 5.82 Å². The molecule has 186 valence electrons. The predicted molar refractivity (Wildman–Crippen MR) is 154 cm³/mol. The zero-order valence-electron chi connectivity index (χ0n) is 20.5. The summed E-state index contributed by atoms with van der Waals surface area (Å²) >= 11 is 3.49. The summed E-state index contributed by atoms with van der Waals surface area (Å²) in [4.78, 5) is 18.2. The molecule has 6 rings (SSSR count). The molecule has 0 N–H and O–H groups in total. The van der Waals surface area contributed by atoms with Gasteiger partial charge >= 0.3 is 0 Å². The van der Waals surface area contributed by atoms with E-state index in [2.05, 4.69) is 40.1 Å². The van der Waals surface area contributed by atoms with Gasteiger partial charge in [-0.05, 0) is 66.6 Å². The second-order valence-electron chi connectivity index (χ2n) is 8.96. The van der Waals surface area contributed by atoms with Gasteiger partial charge in [-0.3, -0.25) is 4.79 Å². The minimum Gasteiger partial charge on any atom is -0.489 e. The first kappa shape index (κ1) is 23.9. The third kappa shape index (κ3) is 4.88. The Balaban J connectivity index is 1.37. The van der Waals surface area contributed by atoms with E-state index in [1.807, 2.05) is 78.9 Å². The first-order chi connectivity index (χ1) is 18.5. The Hall–Kier alpha value is -4.49. The molecule has 0 saturated heterocycles. The lowest BCUT2D eigenvalue weighted by atomic mass is 10.1. The minimum absolute atomic E-state index is 0.282. The zero-order valence-corrected chi connectivity index (χ0v) is 22.1. The summed E-state index contributed by atoms with van der Waals surface area (Å²) in [6.07, 6.45) is 1.63. The van der Waals surface area contributed by atoms with E-state index >= 15 is 0 Å². The van der Waals surface area contributed by atoms with Gasteiger partial charge in [-0.25, -0.2) is 4.98 Å². The van der Waals surface area contributed by atoms with E-state index in [1.165, 1.54) is 10.2 Å². The molecule has 38 heavy (non-hydrogen) atoms. The van der Waals surface area contributed by atoms with Gasteiger partial charge in [0.25, 0.3) is 5.56 Å². The Morgan fingerprint density at radius 1 is 0.974 bits per heavy atom. The number of rotatable bonds is 6. The fraction of sp³-hybridized carbons (Fsp3) is 0.0645. The Morgan fingerprint density at radius 2 is 1.84 bits per heavy atom. The van der Waals surface area contributed by atoms with Crippen LogP contribution in [0.3, 0.4) is 0 Å². The van der Waals surface area contributed by atoms with E-state index < -0.39 is 0 Å². The van der Waals surface area contributed by atoms with Crippen LogP contribution in [0, 0.1) is 6.92 Å². The number of aromatic nitrogens is 2. The largest absolute Gasteiger partial charge is 0.489 e. The average molecular weight is 564 g/mol. The van der Waals surface area contributed by atoms with E-state index in [-0.39, 0.29) is 5.56 Å². The highest BCUT2D eigenvalue weighted by Gasteiger charge is 2.16. The van der Waals surface area contributed by atoms with E-state index in [9.17, 15) is 4.79 Å². The van der Waals surface area contributed by atoms with Gasteiger partial charge in [0.15, 0.2) is 5.76 Å². The van der Waals surface area contributed by atoms with Gasteiger partial charge in [0.1, 0.15) is 17.9 Å². The molecule has 4 aromatic carbocycles. The Kier molecular flexibility index (Phi) is 6.35. The first-order valence-electron chi connectivity index (χ1n) is 12.1.